The van der Waals surface area contributed by atoms with Crippen LogP contribution >= 0.6 is 0 Å². The zero-order chi connectivity index (χ0) is 8.81. The van der Waals surface area contributed by atoms with Gasteiger partial charge in [-0.3, -0.25) is 0 Å². The number of rotatable bonds is 3. The normalized spacial score (nSPS) is 14.8. The zero-order valence-electron chi connectivity index (χ0n) is 7.43. The van der Waals surface area contributed by atoms with Crippen LogP contribution in [0, 0.1) is 17.8 Å². The molecule has 0 N–H and O–H groups in total. The van der Waals surface area contributed by atoms with Gasteiger partial charge in [0.15, 0.2) is 0 Å². The number of hydrogen-bond acceptors (Lipinski definition) is 2. The minimum atomic E-state index is -0.365. The molecule has 12 heavy (non-hydrogen) atoms. The molecular weight excluding hydrogens is 152 g/mol. The van der Waals surface area contributed by atoms with Crippen molar-refractivity contribution in [2.75, 3.05) is 6.61 Å². The molecule has 0 atom stereocenters. The second-order valence-electron chi connectivity index (χ2n) is 3.03. The average Bonchev–Trinajstić information content (AvgIpc) is 2.84. The van der Waals surface area contributed by atoms with E-state index in [9.17, 15) is 4.79 Å². The maximum Gasteiger partial charge on any atom is 0.384 e. The third-order valence-corrected chi connectivity index (χ3v) is 1.69. The van der Waals surface area contributed by atoms with Crippen LogP contribution in [0.15, 0.2) is 0 Å². The van der Waals surface area contributed by atoms with E-state index in [4.69, 9.17) is 4.74 Å². The van der Waals surface area contributed by atoms with Gasteiger partial charge in [-0.25, -0.2) is 4.79 Å². The molecule has 0 amide bonds. The lowest BCUT2D eigenvalue weighted by Crippen LogP contribution is -2.02. The number of hydrogen-bond donors (Lipinski definition) is 0. The van der Waals surface area contributed by atoms with Crippen molar-refractivity contribution in [2.24, 2.45) is 5.92 Å². The van der Waals surface area contributed by atoms with Crippen LogP contribution in [0.1, 0.15) is 32.6 Å². The standard InChI is InChI=1S/C10H14O2/c1-2-3-8-12-10(11)7-6-9-4-5-9/h9H,2-5,8H2,1H3. The summed E-state index contributed by atoms with van der Waals surface area (Å²) < 4.78 is 4.85. The summed E-state index contributed by atoms with van der Waals surface area (Å²) in [5.74, 6) is 5.46. The monoisotopic (exact) mass is 166 g/mol. The summed E-state index contributed by atoms with van der Waals surface area (Å²) in [5.41, 5.74) is 0. The van der Waals surface area contributed by atoms with Crippen molar-refractivity contribution < 1.29 is 9.53 Å². The van der Waals surface area contributed by atoms with Crippen molar-refractivity contribution in [1.82, 2.24) is 0 Å². The summed E-state index contributed by atoms with van der Waals surface area (Å²) in [6.45, 7) is 2.57. The second kappa shape index (κ2) is 4.82. The SMILES string of the molecule is CCCCOC(=O)C#CC1CC1. The van der Waals surface area contributed by atoms with Crippen LogP contribution < -0.4 is 0 Å². The molecule has 0 bridgehead atoms. The van der Waals surface area contributed by atoms with Gasteiger partial charge in [0.2, 0.25) is 0 Å². The van der Waals surface area contributed by atoms with E-state index < -0.39 is 0 Å². The lowest BCUT2D eigenvalue weighted by Gasteiger charge is -1.96. The Kier molecular flexibility index (Phi) is 3.66. The quantitative estimate of drug-likeness (QED) is 0.276. The Hall–Kier alpha value is -0.970. The predicted octanol–water partition coefficient (Wildman–Crippen LogP) is 1.74. The first-order valence-electron chi connectivity index (χ1n) is 4.51. The lowest BCUT2D eigenvalue weighted by molar-refractivity contribution is -0.136. The molecule has 0 aliphatic heterocycles. The van der Waals surface area contributed by atoms with Crippen molar-refractivity contribution in [3.05, 3.63) is 0 Å². The Morgan fingerprint density at radius 1 is 1.58 bits per heavy atom. The molecule has 66 valence electrons. The van der Waals surface area contributed by atoms with E-state index in [2.05, 4.69) is 18.8 Å². The highest BCUT2D eigenvalue weighted by Crippen LogP contribution is 2.27. The highest BCUT2D eigenvalue weighted by molar-refractivity contribution is 5.88. The van der Waals surface area contributed by atoms with E-state index in [1.54, 1.807) is 0 Å². The fraction of sp³-hybridized carbons (Fsp3) is 0.700. The number of carbonyl (C=O) groups is 1. The molecule has 1 rings (SSSR count). The topological polar surface area (TPSA) is 26.3 Å². The van der Waals surface area contributed by atoms with Crippen molar-refractivity contribution in [3.8, 4) is 11.8 Å². The molecule has 0 aromatic rings. The number of carbonyl (C=O) groups excluding carboxylic acids is 1. The summed E-state index contributed by atoms with van der Waals surface area (Å²) in [6.07, 6.45) is 4.27. The van der Waals surface area contributed by atoms with Crippen LogP contribution in [0.25, 0.3) is 0 Å². The first kappa shape index (κ1) is 9.12. The van der Waals surface area contributed by atoms with Gasteiger partial charge in [0.1, 0.15) is 0 Å². The third-order valence-electron chi connectivity index (χ3n) is 1.69. The largest absolute Gasteiger partial charge is 0.456 e. The fourth-order valence-corrected chi connectivity index (χ4v) is 0.734. The number of unbranched alkanes of at least 4 members (excludes halogenated alkanes) is 1. The molecule has 0 saturated heterocycles. The van der Waals surface area contributed by atoms with E-state index in [1.165, 1.54) is 0 Å². The van der Waals surface area contributed by atoms with Gasteiger partial charge in [0.25, 0.3) is 0 Å². The molecule has 2 heteroatoms. The number of esters is 1. The Morgan fingerprint density at radius 2 is 2.33 bits per heavy atom. The highest BCUT2D eigenvalue weighted by atomic mass is 16.5. The van der Waals surface area contributed by atoms with Crippen molar-refractivity contribution in [1.29, 1.82) is 0 Å². The van der Waals surface area contributed by atoms with Crippen molar-refractivity contribution in [2.45, 2.75) is 32.6 Å². The van der Waals surface area contributed by atoms with E-state index >= 15 is 0 Å². The molecule has 0 heterocycles. The highest BCUT2D eigenvalue weighted by Gasteiger charge is 2.18. The van der Waals surface area contributed by atoms with Crippen LogP contribution in [0.4, 0.5) is 0 Å². The first-order valence-corrected chi connectivity index (χ1v) is 4.51. The molecule has 0 radical (unpaired) electrons. The molecule has 1 aliphatic carbocycles. The summed E-state index contributed by atoms with van der Waals surface area (Å²) in [7, 11) is 0. The molecule has 1 saturated carbocycles. The zero-order valence-corrected chi connectivity index (χ0v) is 7.43. The van der Waals surface area contributed by atoms with Crippen LogP contribution in [0.3, 0.4) is 0 Å². The maximum atomic E-state index is 10.9. The molecule has 2 nitrogen and oxygen atoms in total. The molecule has 0 spiro atoms. The molecule has 0 unspecified atom stereocenters. The Labute approximate surface area is 73.3 Å². The Morgan fingerprint density at radius 3 is 2.92 bits per heavy atom. The van der Waals surface area contributed by atoms with E-state index in [0.29, 0.717) is 12.5 Å². The van der Waals surface area contributed by atoms with Crippen molar-refractivity contribution >= 4 is 5.97 Å². The average molecular weight is 166 g/mol. The third kappa shape index (κ3) is 4.02. The van der Waals surface area contributed by atoms with Crippen LogP contribution in [-0.4, -0.2) is 12.6 Å². The minimum absolute atomic E-state index is 0.365. The van der Waals surface area contributed by atoms with Gasteiger partial charge < -0.3 is 4.74 Å². The summed E-state index contributed by atoms with van der Waals surface area (Å²) in [4.78, 5) is 10.9. The van der Waals surface area contributed by atoms with Crippen LogP contribution in [0.2, 0.25) is 0 Å². The van der Waals surface area contributed by atoms with Crippen molar-refractivity contribution in [3.63, 3.8) is 0 Å². The van der Waals surface area contributed by atoms with Gasteiger partial charge in [0.05, 0.1) is 6.61 Å². The van der Waals surface area contributed by atoms with Gasteiger partial charge in [0, 0.05) is 11.8 Å². The van der Waals surface area contributed by atoms with Gasteiger partial charge in [-0.05, 0) is 19.3 Å². The van der Waals surface area contributed by atoms with E-state index in [1.807, 2.05) is 0 Å². The molecule has 0 aromatic heterocycles. The number of ether oxygens (including phenoxy) is 1. The summed E-state index contributed by atoms with van der Waals surface area (Å²) >= 11 is 0. The van der Waals surface area contributed by atoms with Gasteiger partial charge in [-0.1, -0.05) is 19.3 Å². The molecule has 1 aliphatic rings. The van der Waals surface area contributed by atoms with Gasteiger partial charge in [-0.15, -0.1) is 0 Å². The van der Waals surface area contributed by atoms with Gasteiger partial charge in [-0.2, -0.15) is 0 Å². The van der Waals surface area contributed by atoms with Crippen LogP contribution in [-0.2, 0) is 9.53 Å². The summed E-state index contributed by atoms with van der Waals surface area (Å²) in [6, 6.07) is 0. The van der Waals surface area contributed by atoms with Gasteiger partial charge >= 0.3 is 5.97 Å². The minimum Gasteiger partial charge on any atom is -0.456 e. The Bertz CT molecular complexity index is 206. The molecule has 1 fully saturated rings. The molecule has 0 aromatic carbocycles. The van der Waals surface area contributed by atoms with Crippen LogP contribution in [0.5, 0.6) is 0 Å². The predicted molar refractivity (Wildman–Crippen MR) is 46.4 cm³/mol. The smallest absolute Gasteiger partial charge is 0.384 e. The van der Waals surface area contributed by atoms with E-state index in [-0.39, 0.29) is 5.97 Å². The fourth-order valence-electron chi connectivity index (χ4n) is 0.734. The van der Waals surface area contributed by atoms with E-state index in [0.717, 1.165) is 25.7 Å². The second-order valence-corrected chi connectivity index (χ2v) is 3.03. The summed E-state index contributed by atoms with van der Waals surface area (Å²) in [5, 5.41) is 0. The first-order chi connectivity index (χ1) is 5.83. The maximum absolute atomic E-state index is 10.9. The lowest BCUT2D eigenvalue weighted by atomic mass is 10.4. The molecular formula is C10H14O2. The Balaban J connectivity index is 2.07.